The summed E-state index contributed by atoms with van der Waals surface area (Å²) in [5, 5.41) is 32.4. The summed E-state index contributed by atoms with van der Waals surface area (Å²) in [5.41, 5.74) is -1.37. The van der Waals surface area contributed by atoms with Gasteiger partial charge in [0, 0.05) is 20.9 Å². The lowest BCUT2D eigenvalue weighted by atomic mass is 10.1. The first kappa shape index (κ1) is 18.2. The summed E-state index contributed by atoms with van der Waals surface area (Å²) in [5.74, 6) is -4.74. The summed E-state index contributed by atoms with van der Waals surface area (Å²) in [6, 6.07) is 7.70. The third-order valence-corrected chi connectivity index (χ3v) is 3.39. The first-order valence-electron chi connectivity index (χ1n) is 6.71. The topological polar surface area (TPSA) is 95.2 Å². The van der Waals surface area contributed by atoms with Crippen LogP contribution in [0.1, 0.15) is 0 Å². The van der Waals surface area contributed by atoms with E-state index in [1.54, 1.807) is 0 Å². The van der Waals surface area contributed by atoms with E-state index in [4.69, 9.17) is 21.0 Å². The van der Waals surface area contributed by atoms with Gasteiger partial charge in [-0.05, 0) is 24.3 Å². The molecule has 0 amide bonds. The van der Waals surface area contributed by atoms with E-state index >= 15 is 0 Å². The number of hydrogen-bond acceptors (Lipinski definition) is 4. The lowest BCUT2D eigenvalue weighted by Gasteiger charge is -1.99. The molecule has 0 aromatic heterocycles. The van der Waals surface area contributed by atoms with Crippen LogP contribution in [0.4, 0.5) is 17.6 Å². The molecule has 0 bridgehead atoms. The van der Waals surface area contributed by atoms with E-state index in [1.165, 1.54) is 24.3 Å². The van der Waals surface area contributed by atoms with Crippen molar-refractivity contribution in [3.63, 3.8) is 0 Å². The van der Waals surface area contributed by atoms with E-state index in [1.807, 2.05) is 0 Å². The zero-order valence-corrected chi connectivity index (χ0v) is 12.6. The van der Waals surface area contributed by atoms with Gasteiger partial charge >= 0.3 is 0 Å². The highest BCUT2D eigenvalue weighted by Gasteiger charge is 2.10. The zero-order valence-electron chi connectivity index (χ0n) is 12.6. The lowest BCUT2D eigenvalue weighted by molar-refractivity contribution is 0.571. The Morgan fingerprint density at radius 3 is 1.12 bits per heavy atom. The maximum absolute atomic E-state index is 14.3. The fourth-order valence-electron chi connectivity index (χ4n) is 2.18. The van der Waals surface area contributed by atoms with Gasteiger partial charge in [-0.15, -0.1) is 0 Å². The van der Waals surface area contributed by atoms with Gasteiger partial charge in [0.15, 0.2) is 0 Å². The van der Waals surface area contributed by atoms with Gasteiger partial charge in [0.1, 0.15) is 58.7 Å². The number of nitriles is 4. The van der Waals surface area contributed by atoms with E-state index in [0.717, 1.165) is 0 Å². The molecule has 2 aromatic rings. The van der Waals surface area contributed by atoms with Crippen LogP contribution in [-0.2, 0) is 0 Å². The van der Waals surface area contributed by atoms with E-state index in [-0.39, 0.29) is 0 Å². The molecule has 2 rings (SSSR count). The van der Waals surface area contributed by atoms with Gasteiger partial charge in [-0.25, -0.2) is 17.6 Å². The predicted octanol–water partition coefficient (Wildman–Crippen LogP) is 1.93. The third-order valence-electron chi connectivity index (χ3n) is 3.39. The standard InChI is InChI=1S/C18H4F4N4/c19-15-3-13(17(21)1-11(15)9(5-23)6-24)14-4-16(20)12(2-18(14)22)10(7-25)8-26/h1-4H/b14-13+. The van der Waals surface area contributed by atoms with Crippen LogP contribution < -0.4 is 10.4 Å². The van der Waals surface area contributed by atoms with Gasteiger partial charge in [-0.3, -0.25) is 0 Å². The predicted molar refractivity (Wildman–Crippen MR) is 78.9 cm³/mol. The van der Waals surface area contributed by atoms with Crippen LogP contribution in [0.25, 0.3) is 11.1 Å². The molecule has 0 aliphatic heterocycles. The van der Waals surface area contributed by atoms with Crippen molar-refractivity contribution in [2.24, 2.45) is 0 Å². The average Bonchev–Trinajstić information content (AvgIpc) is 2.62. The molecule has 4 nitrogen and oxygen atoms in total. The molecule has 0 spiro atoms. The second-order valence-electron chi connectivity index (χ2n) is 4.82. The Hall–Kier alpha value is -4.14. The minimum Gasteiger partial charge on any atom is -0.206 e. The Morgan fingerprint density at radius 2 is 0.846 bits per heavy atom. The van der Waals surface area contributed by atoms with E-state index in [9.17, 15) is 17.6 Å². The van der Waals surface area contributed by atoms with Crippen molar-refractivity contribution in [2.75, 3.05) is 0 Å². The van der Waals surface area contributed by atoms with Crippen molar-refractivity contribution in [2.45, 2.75) is 0 Å². The van der Waals surface area contributed by atoms with E-state index in [0.29, 0.717) is 24.3 Å². The van der Waals surface area contributed by atoms with Crippen LogP contribution >= 0.6 is 0 Å². The highest BCUT2D eigenvalue weighted by atomic mass is 19.1. The van der Waals surface area contributed by atoms with Crippen molar-refractivity contribution in [1.29, 1.82) is 21.0 Å². The van der Waals surface area contributed by atoms with Gasteiger partial charge in [0.25, 0.3) is 0 Å². The summed E-state index contributed by atoms with van der Waals surface area (Å²) < 4.78 is 56.7. The van der Waals surface area contributed by atoms with Crippen LogP contribution in [0.3, 0.4) is 0 Å². The number of hydrogen-bond donors (Lipinski definition) is 0. The summed E-state index contributed by atoms with van der Waals surface area (Å²) in [6.07, 6.45) is 0. The smallest absolute Gasteiger partial charge is 0.139 e. The number of nitrogens with zero attached hydrogens (tertiary/aromatic N) is 4. The van der Waals surface area contributed by atoms with Crippen molar-refractivity contribution in [3.05, 3.63) is 68.4 Å². The first-order chi connectivity index (χ1) is 12.4. The molecule has 0 saturated heterocycles. The monoisotopic (exact) mass is 352 g/mol. The van der Waals surface area contributed by atoms with Crippen LogP contribution in [0.15, 0.2) is 24.3 Å². The zero-order chi connectivity index (χ0) is 19.4. The lowest BCUT2D eigenvalue weighted by Crippen LogP contribution is -2.13. The van der Waals surface area contributed by atoms with Crippen LogP contribution in [0.5, 0.6) is 0 Å². The van der Waals surface area contributed by atoms with Crippen molar-refractivity contribution in [3.8, 4) is 24.3 Å². The fourth-order valence-corrected chi connectivity index (χ4v) is 2.18. The molecule has 0 aliphatic rings. The van der Waals surface area contributed by atoms with Gasteiger partial charge < -0.3 is 0 Å². The van der Waals surface area contributed by atoms with Crippen LogP contribution in [0, 0.1) is 79.0 Å². The number of rotatable bonds is 0. The third kappa shape index (κ3) is 3.08. The minimum absolute atomic E-state index is 0.524. The molecule has 0 N–H and O–H groups in total. The van der Waals surface area contributed by atoms with Gasteiger partial charge in [0.05, 0.1) is 0 Å². The molecule has 124 valence electrons. The SMILES string of the molecule is N#CC(C#N)=c1cc(F)/c(=c2\cc(F)c(=C(C#N)C#N)cc2F)cc1F. The highest BCUT2D eigenvalue weighted by molar-refractivity contribution is 5.73. The maximum atomic E-state index is 14.3. The number of benzene rings is 2. The molecular weight excluding hydrogens is 348 g/mol. The second-order valence-corrected chi connectivity index (χ2v) is 4.82. The molecule has 0 saturated carbocycles. The molecule has 26 heavy (non-hydrogen) atoms. The van der Waals surface area contributed by atoms with Gasteiger partial charge in [-0.2, -0.15) is 21.0 Å². The Labute approximate surface area is 143 Å². The van der Waals surface area contributed by atoms with Crippen molar-refractivity contribution >= 4 is 11.1 Å². The largest absolute Gasteiger partial charge is 0.206 e. The molecule has 0 heterocycles. The quantitative estimate of drug-likeness (QED) is 0.677. The summed E-state index contributed by atoms with van der Waals surface area (Å²) in [7, 11) is 0. The summed E-state index contributed by atoms with van der Waals surface area (Å²) in [6.45, 7) is 0. The van der Waals surface area contributed by atoms with Crippen molar-refractivity contribution < 1.29 is 17.6 Å². The molecular formula is C18H4F4N4. The molecule has 0 aliphatic carbocycles. The average molecular weight is 352 g/mol. The Bertz CT molecular complexity index is 1180. The Kier molecular flexibility index (Phi) is 5.02. The molecule has 0 atom stereocenters. The normalized spacial score (nSPS) is 10.8. The van der Waals surface area contributed by atoms with E-state index < -0.39 is 55.3 Å². The fraction of sp³-hybridized carbons (Fsp3) is 0. The van der Waals surface area contributed by atoms with Crippen LogP contribution in [0.2, 0.25) is 0 Å². The Balaban J connectivity index is 3.10. The first-order valence-corrected chi connectivity index (χ1v) is 6.71. The summed E-state index contributed by atoms with van der Waals surface area (Å²) in [4.78, 5) is 0. The molecule has 0 unspecified atom stereocenters. The highest BCUT2D eigenvalue weighted by Crippen LogP contribution is 2.09. The number of halogens is 4. The summed E-state index contributed by atoms with van der Waals surface area (Å²) >= 11 is 0. The molecule has 8 heteroatoms. The van der Waals surface area contributed by atoms with Crippen molar-refractivity contribution in [1.82, 2.24) is 0 Å². The van der Waals surface area contributed by atoms with Crippen LogP contribution in [-0.4, -0.2) is 0 Å². The molecule has 0 fully saturated rings. The van der Waals surface area contributed by atoms with E-state index in [2.05, 4.69) is 0 Å². The molecule has 2 aromatic carbocycles. The second kappa shape index (κ2) is 7.18. The minimum atomic E-state index is -1.19. The molecule has 0 radical (unpaired) electrons. The van der Waals surface area contributed by atoms with Gasteiger partial charge in [-0.1, -0.05) is 0 Å². The Morgan fingerprint density at radius 1 is 0.538 bits per heavy atom. The van der Waals surface area contributed by atoms with Gasteiger partial charge in [0.2, 0.25) is 0 Å². The maximum Gasteiger partial charge on any atom is 0.139 e.